The molecule has 1 amide bonds. The second kappa shape index (κ2) is 6.82. The maximum Gasteiger partial charge on any atom is 0.237 e. The first kappa shape index (κ1) is 14.9. The molecule has 1 N–H and O–H groups in total. The largest absolute Gasteiger partial charge is 0.325 e. The lowest BCUT2D eigenvalue weighted by Gasteiger charge is -2.13. The number of halogens is 1. The lowest BCUT2D eigenvalue weighted by molar-refractivity contribution is -0.115. The molecule has 0 aliphatic rings. The van der Waals surface area contributed by atoms with Crippen molar-refractivity contribution in [2.75, 3.05) is 5.32 Å². The van der Waals surface area contributed by atoms with Crippen molar-refractivity contribution in [1.29, 1.82) is 0 Å². The number of amides is 1. The van der Waals surface area contributed by atoms with Gasteiger partial charge in [-0.05, 0) is 38.1 Å². The van der Waals surface area contributed by atoms with Crippen LogP contribution in [0.1, 0.15) is 12.5 Å². The summed E-state index contributed by atoms with van der Waals surface area (Å²) in [5.74, 6) is -0.0289. The normalized spacial score (nSPS) is 11.9. The minimum Gasteiger partial charge on any atom is -0.325 e. The highest BCUT2D eigenvalue weighted by atomic mass is 35.5. The fourth-order valence-electron chi connectivity index (χ4n) is 1.67. The summed E-state index contributed by atoms with van der Waals surface area (Å²) < 4.78 is 0. The topological polar surface area (TPSA) is 29.1 Å². The molecule has 2 rings (SSSR count). The Morgan fingerprint density at radius 3 is 2.45 bits per heavy atom. The summed E-state index contributed by atoms with van der Waals surface area (Å²) in [4.78, 5) is 13.1. The van der Waals surface area contributed by atoms with Gasteiger partial charge in [0.05, 0.1) is 10.3 Å². The van der Waals surface area contributed by atoms with Crippen molar-refractivity contribution in [3.05, 3.63) is 59.1 Å². The SMILES string of the molecule is Cc1ccc(NC(=O)[C@@H](C)Sc2ccccc2Cl)cc1. The Morgan fingerprint density at radius 2 is 1.80 bits per heavy atom. The van der Waals surface area contributed by atoms with E-state index in [1.807, 2.05) is 62.4 Å². The van der Waals surface area contributed by atoms with Crippen LogP contribution in [-0.2, 0) is 4.79 Å². The molecule has 0 saturated heterocycles. The molecule has 0 heterocycles. The fourth-order valence-corrected chi connectivity index (χ4v) is 2.82. The number of carbonyl (C=O) groups is 1. The summed E-state index contributed by atoms with van der Waals surface area (Å²) in [5.41, 5.74) is 1.98. The van der Waals surface area contributed by atoms with Crippen LogP contribution in [0.3, 0.4) is 0 Å². The monoisotopic (exact) mass is 305 g/mol. The first-order valence-electron chi connectivity index (χ1n) is 6.35. The number of hydrogen-bond donors (Lipinski definition) is 1. The van der Waals surface area contributed by atoms with Crippen molar-refractivity contribution < 1.29 is 4.79 Å². The first-order valence-corrected chi connectivity index (χ1v) is 7.61. The van der Waals surface area contributed by atoms with Crippen molar-refractivity contribution in [2.24, 2.45) is 0 Å². The Morgan fingerprint density at radius 1 is 1.15 bits per heavy atom. The summed E-state index contributed by atoms with van der Waals surface area (Å²) in [6, 6.07) is 15.3. The van der Waals surface area contributed by atoms with Gasteiger partial charge in [0.25, 0.3) is 0 Å². The number of benzene rings is 2. The molecule has 0 fully saturated rings. The molecular formula is C16H16ClNOS. The molecule has 0 aliphatic carbocycles. The van der Waals surface area contributed by atoms with Crippen LogP contribution in [-0.4, -0.2) is 11.2 Å². The number of anilines is 1. The summed E-state index contributed by atoms with van der Waals surface area (Å²) >= 11 is 7.55. The maximum atomic E-state index is 12.1. The molecule has 0 spiro atoms. The lowest BCUT2D eigenvalue weighted by atomic mass is 10.2. The van der Waals surface area contributed by atoms with E-state index in [1.165, 1.54) is 17.3 Å². The van der Waals surface area contributed by atoms with E-state index in [4.69, 9.17) is 11.6 Å². The van der Waals surface area contributed by atoms with Crippen LogP contribution in [0.15, 0.2) is 53.4 Å². The van der Waals surface area contributed by atoms with Crippen LogP contribution < -0.4 is 5.32 Å². The lowest BCUT2D eigenvalue weighted by Crippen LogP contribution is -2.22. The van der Waals surface area contributed by atoms with Gasteiger partial charge < -0.3 is 5.32 Å². The second-order valence-electron chi connectivity index (χ2n) is 4.55. The quantitative estimate of drug-likeness (QED) is 0.825. The molecule has 2 nitrogen and oxygen atoms in total. The summed E-state index contributed by atoms with van der Waals surface area (Å²) in [6.07, 6.45) is 0. The minimum atomic E-state index is -0.212. The van der Waals surface area contributed by atoms with Crippen molar-refractivity contribution in [3.8, 4) is 0 Å². The summed E-state index contributed by atoms with van der Waals surface area (Å²) in [5, 5.41) is 3.37. The van der Waals surface area contributed by atoms with Crippen LogP contribution in [0.5, 0.6) is 0 Å². The predicted molar refractivity (Wildman–Crippen MR) is 86.6 cm³/mol. The van der Waals surface area contributed by atoms with E-state index < -0.39 is 0 Å². The van der Waals surface area contributed by atoms with E-state index in [-0.39, 0.29) is 11.2 Å². The van der Waals surface area contributed by atoms with Crippen LogP contribution in [0.25, 0.3) is 0 Å². The van der Waals surface area contributed by atoms with Gasteiger partial charge in [-0.25, -0.2) is 0 Å². The third kappa shape index (κ3) is 4.02. The second-order valence-corrected chi connectivity index (χ2v) is 6.34. The Kier molecular flexibility index (Phi) is 5.10. The number of rotatable bonds is 4. The Balaban J connectivity index is 1.99. The van der Waals surface area contributed by atoms with Crippen molar-refractivity contribution in [3.63, 3.8) is 0 Å². The Labute approximate surface area is 128 Å². The van der Waals surface area contributed by atoms with E-state index >= 15 is 0 Å². The van der Waals surface area contributed by atoms with Crippen LogP contribution in [0.2, 0.25) is 5.02 Å². The molecule has 2 aromatic carbocycles. The molecule has 4 heteroatoms. The van der Waals surface area contributed by atoms with Gasteiger partial charge in [0.2, 0.25) is 5.91 Å². The standard InChI is InChI=1S/C16H16ClNOS/c1-11-7-9-13(10-8-11)18-16(19)12(2)20-15-6-4-3-5-14(15)17/h3-10,12H,1-2H3,(H,18,19)/t12-/m1/s1. The average Bonchev–Trinajstić information content (AvgIpc) is 2.44. The van der Waals surface area contributed by atoms with Gasteiger partial charge in [0.15, 0.2) is 0 Å². The molecule has 0 unspecified atom stereocenters. The van der Waals surface area contributed by atoms with Gasteiger partial charge in [0, 0.05) is 10.6 Å². The number of carbonyl (C=O) groups excluding carboxylic acids is 1. The molecule has 0 aromatic heterocycles. The first-order chi connectivity index (χ1) is 9.56. The smallest absolute Gasteiger partial charge is 0.237 e. The van der Waals surface area contributed by atoms with Crippen LogP contribution in [0.4, 0.5) is 5.69 Å². The van der Waals surface area contributed by atoms with E-state index in [2.05, 4.69) is 5.32 Å². The van der Waals surface area contributed by atoms with Crippen molar-refractivity contribution in [1.82, 2.24) is 0 Å². The molecule has 2 aromatic rings. The highest BCUT2D eigenvalue weighted by Crippen LogP contribution is 2.30. The van der Waals surface area contributed by atoms with Gasteiger partial charge in [-0.2, -0.15) is 0 Å². The zero-order valence-electron chi connectivity index (χ0n) is 11.4. The molecule has 0 aliphatic heterocycles. The molecule has 104 valence electrons. The highest BCUT2D eigenvalue weighted by molar-refractivity contribution is 8.00. The third-order valence-corrected chi connectivity index (χ3v) is 4.45. The van der Waals surface area contributed by atoms with Crippen LogP contribution in [0, 0.1) is 6.92 Å². The zero-order valence-corrected chi connectivity index (χ0v) is 13.0. The summed E-state index contributed by atoms with van der Waals surface area (Å²) in [7, 11) is 0. The van der Waals surface area contributed by atoms with Crippen molar-refractivity contribution >= 4 is 35.0 Å². The molecule has 20 heavy (non-hydrogen) atoms. The predicted octanol–water partition coefficient (Wildman–Crippen LogP) is 4.77. The number of nitrogens with one attached hydrogen (secondary N) is 1. The summed E-state index contributed by atoms with van der Waals surface area (Å²) in [6.45, 7) is 3.89. The van der Waals surface area contributed by atoms with E-state index in [1.54, 1.807) is 0 Å². The average molecular weight is 306 g/mol. The molecule has 1 atom stereocenters. The van der Waals surface area contributed by atoms with Crippen LogP contribution >= 0.6 is 23.4 Å². The molecule has 0 saturated carbocycles. The van der Waals surface area contributed by atoms with Gasteiger partial charge in [-0.3, -0.25) is 4.79 Å². The van der Waals surface area contributed by atoms with Gasteiger partial charge in [0.1, 0.15) is 0 Å². The van der Waals surface area contributed by atoms with Gasteiger partial charge >= 0.3 is 0 Å². The zero-order chi connectivity index (χ0) is 14.5. The van der Waals surface area contributed by atoms with Gasteiger partial charge in [-0.15, -0.1) is 11.8 Å². The minimum absolute atomic E-state index is 0.0289. The molecule has 0 bridgehead atoms. The molecule has 0 radical (unpaired) electrons. The maximum absolute atomic E-state index is 12.1. The number of hydrogen-bond acceptors (Lipinski definition) is 2. The fraction of sp³-hybridized carbons (Fsp3) is 0.188. The van der Waals surface area contributed by atoms with Gasteiger partial charge in [-0.1, -0.05) is 41.4 Å². The number of aryl methyl sites for hydroxylation is 1. The Bertz CT molecular complexity index is 598. The highest BCUT2D eigenvalue weighted by Gasteiger charge is 2.15. The van der Waals surface area contributed by atoms with E-state index in [0.29, 0.717) is 5.02 Å². The Hall–Kier alpha value is -1.45. The van der Waals surface area contributed by atoms with E-state index in [0.717, 1.165) is 10.6 Å². The molecular weight excluding hydrogens is 290 g/mol. The number of thioether (sulfide) groups is 1. The third-order valence-electron chi connectivity index (χ3n) is 2.83. The van der Waals surface area contributed by atoms with E-state index in [9.17, 15) is 4.79 Å². The van der Waals surface area contributed by atoms with Crippen molar-refractivity contribution in [2.45, 2.75) is 24.0 Å².